The fourth-order valence-corrected chi connectivity index (χ4v) is 2.75. The number of nitrogens with two attached hydrogens (primary N) is 1. The minimum absolute atomic E-state index is 0.0812. The van der Waals surface area contributed by atoms with Gasteiger partial charge in [-0.1, -0.05) is 6.07 Å². The summed E-state index contributed by atoms with van der Waals surface area (Å²) in [5, 5.41) is 8.89. The van der Waals surface area contributed by atoms with Gasteiger partial charge in [0.2, 0.25) is 5.91 Å². The summed E-state index contributed by atoms with van der Waals surface area (Å²) in [4.78, 5) is 28.2. The lowest BCUT2D eigenvalue weighted by atomic mass is 9.94. The maximum Gasteiger partial charge on any atom is 0.317 e. The standard InChI is InChI=1S/C15H21N3O3/c16-14(19)7-6-12-4-1-5-13(17-12)11-3-2-8-18(9-11)10-15(20)21/h1,4-5,11H,2-3,6-10H2,(H2,16,19)(H,20,21). The van der Waals surface area contributed by atoms with E-state index in [0.29, 0.717) is 12.8 Å². The molecule has 2 rings (SSSR count). The smallest absolute Gasteiger partial charge is 0.317 e. The largest absolute Gasteiger partial charge is 0.480 e. The van der Waals surface area contributed by atoms with Crippen LogP contribution in [0.1, 0.15) is 36.6 Å². The summed E-state index contributed by atoms with van der Waals surface area (Å²) in [5.74, 6) is -0.863. The molecule has 114 valence electrons. The molecule has 21 heavy (non-hydrogen) atoms. The van der Waals surface area contributed by atoms with Crippen LogP contribution in [0.15, 0.2) is 18.2 Å². The molecule has 1 unspecified atom stereocenters. The highest BCUT2D eigenvalue weighted by Crippen LogP contribution is 2.25. The lowest BCUT2D eigenvalue weighted by Crippen LogP contribution is -2.38. The van der Waals surface area contributed by atoms with Crippen LogP contribution in [0, 0.1) is 0 Å². The zero-order valence-corrected chi connectivity index (χ0v) is 12.0. The van der Waals surface area contributed by atoms with Crippen LogP contribution < -0.4 is 5.73 Å². The number of carboxylic acids is 1. The van der Waals surface area contributed by atoms with Crippen molar-refractivity contribution in [1.82, 2.24) is 9.88 Å². The van der Waals surface area contributed by atoms with Crippen molar-refractivity contribution in [3.8, 4) is 0 Å². The van der Waals surface area contributed by atoms with Gasteiger partial charge >= 0.3 is 5.97 Å². The number of carboxylic acid groups (broad SMARTS) is 1. The van der Waals surface area contributed by atoms with Crippen LogP contribution in [-0.2, 0) is 16.0 Å². The van der Waals surface area contributed by atoms with Crippen molar-refractivity contribution >= 4 is 11.9 Å². The van der Waals surface area contributed by atoms with E-state index in [9.17, 15) is 9.59 Å². The number of piperidine rings is 1. The highest BCUT2D eigenvalue weighted by Gasteiger charge is 2.23. The number of aryl methyl sites for hydroxylation is 1. The van der Waals surface area contributed by atoms with Gasteiger partial charge in [-0.25, -0.2) is 0 Å². The first-order valence-electron chi connectivity index (χ1n) is 7.23. The molecule has 1 aromatic heterocycles. The van der Waals surface area contributed by atoms with Gasteiger partial charge in [0.1, 0.15) is 0 Å². The van der Waals surface area contributed by atoms with Crippen LogP contribution in [0.25, 0.3) is 0 Å². The van der Waals surface area contributed by atoms with Crippen LogP contribution >= 0.6 is 0 Å². The summed E-state index contributed by atoms with van der Waals surface area (Å²) in [5.41, 5.74) is 7.00. The van der Waals surface area contributed by atoms with Crippen LogP contribution in [0.2, 0.25) is 0 Å². The Morgan fingerprint density at radius 3 is 2.95 bits per heavy atom. The van der Waals surface area contributed by atoms with E-state index in [4.69, 9.17) is 10.8 Å². The molecule has 6 heteroatoms. The van der Waals surface area contributed by atoms with Crippen molar-refractivity contribution in [2.45, 2.75) is 31.6 Å². The Hall–Kier alpha value is -1.95. The maximum absolute atomic E-state index is 10.8. The number of aromatic nitrogens is 1. The normalized spacial score (nSPS) is 19.3. The molecule has 1 aliphatic heterocycles. The monoisotopic (exact) mass is 291 g/mol. The lowest BCUT2D eigenvalue weighted by molar-refractivity contribution is -0.138. The van der Waals surface area contributed by atoms with E-state index in [1.807, 2.05) is 23.1 Å². The molecular formula is C15H21N3O3. The van der Waals surface area contributed by atoms with Crippen molar-refractivity contribution in [2.24, 2.45) is 5.73 Å². The van der Waals surface area contributed by atoms with Gasteiger partial charge in [0.05, 0.1) is 6.54 Å². The third-order valence-corrected chi connectivity index (χ3v) is 3.74. The van der Waals surface area contributed by atoms with E-state index in [1.54, 1.807) is 0 Å². The number of hydrogen-bond donors (Lipinski definition) is 2. The Bertz CT molecular complexity index is 519. The van der Waals surface area contributed by atoms with Gasteiger partial charge in [-0.2, -0.15) is 0 Å². The number of amides is 1. The van der Waals surface area contributed by atoms with Crippen molar-refractivity contribution < 1.29 is 14.7 Å². The van der Waals surface area contributed by atoms with Gasteiger partial charge in [-0.05, 0) is 37.9 Å². The molecule has 1 aliphatic rings. The van der Waals surface area contributed by atoms with Crippen LogP contribution in [0.5, 0.6) is 0 Å². The molecule has 6 nitrogen and oxygen atoms in total. The molecule has 0 spiro atoms. The zero-order chi connectivity index (χ0) is 15.2. The molecule has 2 heterocycles. The second-order valence-corrected chi connectivity index (χ2v) is 5.49. The molecule has 1 saturated heterocycles. The van der Waals surface area contributed by atoms with E-state index in [-0.39, 0.29) is 18.4 Å². The number of hydrogen-bond acceptors (Lipinski definition) is 4. The number of nitrogens with zero attached hydrogens (tertiary/aromatic N) is 2. The summed E-state index contributed by atoms with van der Waals surface area (Å²) in [7, 11) is 0. The quantitative estimate of drug-likeness (QED) is 0.806. The summed E-state index contributed by atoms with van der Waals surface area (Å²) < 4.78 is 0. The number of carbonyl (C=O) groups is 2. The van der Waals surface area contributed by atoms with Gasteiger partial charge in [0, 0.05) is 30.3 Å². The van der Waals surface area contributed by atoms with Crippen molar-refractivity contribution in [1.29, 1.82) is 0 Å². The van der Waals surface area contributed by atoms with Gasteiger partial charge in [0.15, 0.2) is 0 Å². The topological polar surface area (TPSA) is 96.5 Å². The number of likely N-dealkylation sites (tertiary alicyclic amines) is 1. The molecular weight excluding hydrogens is 270 g/mol. The Kier molecular flexibility index (Phi) is 5.27. The van der Waals surface area contributed by atoms with Crippen molar-refractivity contribution in [3.63, 3.8) is 0 Å². The van der Waals surface area contributed by atoms with Gasteiger partial charge in [-0.15, -0.1) is 0 Å². The minimum atomic E-state index is -0.793. The fraction of sp³-hybridized carbons (Fsp3) is 0.533. The second kappa shape index (κ2) is 7.17. The molecule has 0 saturated carbocycles. The van der Waals surface area contributed by atoms with Crippen LogP contribution in [-0.4, -0.2) is 46.5 Å². The zero-order valence-electron chi connectivity index (χ0n) is 12.0. The molecule has 3 N–H and O–H groups in total. The average Bonchev–Trinajstić information content (AvgIpc) is 2.45. The minimum Gasteiger partial charge on any atom is -0.480 e. The van der Waals surface area contributed by atoms with E-state index >= 15 is 0 Å². The molecule has 1 amide bonds. The first kappa shape index (κ1) is 15.4. The first-order chi connectivity index (χ1) is 10.0. The average molecular weight is 291 g/mol. The molecule has 1 atom stereocenters. The second-order valence-electron chi connectivity index (χ2n) is 5.49. The number of pyridine rings is 1. The number of carbonyl (C=O) groups excluding carboxylic acids is 1. The Labute approximate surface area is 124 Å². The Morgan fingerprint density at radius 1 is 1.43 bits per heavy atom. The predicted molar refractivity (Wildman–Crippen MR) is 77.8 cm³/mol. The highest BCUT2D eigenvalue weighted by atomic mass is 16.4. The summed E-state index contributed by atoms with van der Waals surface area (Å²) in [6.45, 7) is 1.63. The van der Waals surface area contributed by atoms with Gasteiger partial charge in [0.25, 0.3) is 0 Å². The van der Waals surface area contributed by atoms with E-state index < -0.39 is 5.97 Å². The van der Waals surface area contributed by atoms with Gasteiger partial charge in [-0.3, -0.25) is 19.5 Å². The van der Waals surface area contributed by atoms with E-state index in [1.165, 1.54) is 0 Å². The predicted octanol–water partition coefficient (Wildman–Crippen LogP) is 0.763. The summed E-state index contributed by atoms with van der Waals surface area (Å²) in [6.07, 6.45) is 2.84. The van der Waals surface area contributed by atoms with Crippen LogP contribution in [0.4, 0.5) is 0 Å². The molecule has 0 aromatic carbocycles. The van der Waals surface area contributed by atoms with Gasteiger partial charge < -0.3 is 10.8 Å². The lowest BCUT2D eigenvalue weighted by Gasteiger charge is -2.31. The fourth-order valence-electron chi connectivity index (χ4n) is 2.75. The number of aliphatic carboxylic acids is 1. The number of primary amides is 1. The molecule has 0 radical (unpaired) electrons. The molecule has 0 aliphatic carbocycles. The molecule has 1 fully saturated rings. The first-order valence-corrected chi connectivity index (χ1v) is 7.23. The third kappa shape index (κ3) is 4.82. The molecule has 1 aromatic rings. The molecule has 0 bridgehead atoms. The van der Waals surface area contributed by atoms with Crippen LogP contribution in [0.3, 0.4) is 0 Å². The summed E-state index contributed by atoms with van der Waals surface area (Å²) in [6, 6.07) is 5.81. The SMILES string of the molecule is NC(=O)CCc1cccc(C2CCCN(CC(=O)O)C2)n1. The summed E-state index contributed by atoms with van der Waals surface area (Å²) >= 11 is 0. The van der Waals surface area contributed by atoms with Crippen molar-refractivity contribution in [2.75, 3.05) is 19.6 Å². The Morgan fingerprint density at radius 2 is 2.24 bits per heavy atom. The maximum atomic E-state index is 10.8. The van der Waals surface area contributed by atoms with E-state index in [0.717, 1.165) is 37.3 Å². The third-order valence-electron chi connectivity index (χ3n) is 3.74. The van der Waals surface area contributed by atoms with Crippen molar-refractivity contribution in [3.05, 3.63) is 29.6 Å². The Balaban J connectivity index is 2.01. The highest BCUT2D eigenvalue weighted by molar-refractivity contribution is 5.73. The van der Waals surface area contributed by atoms with E-state index in [2.05, 4.69) is 4.98 Å². The number of rotatable bonds is 6.